The standard InChI is InChI=1S/C24H23N3O4/c1-29-20-11-10-17(14-21(20)30-2)24-26-23(31-27-24)13-12-22(28)25-15-18-8-5-7-16-6-3-4-9-19(16)18/h3-11,14H,12-13,15H2,1-2H3,(H,25,28). The molecule has 1 aromatic heterocycles. The minimum absolute atomic E-state index is 0.0706. The van der Waals surface area contributed by atoms with Crippen molar-refractivity contribution in [1.82, 2.24) is 15.5 Å². The van der Waals surface area contributed by atoms with Gasteiger partial charge >= 0.3 is 0 Å². The molecule has 0 unspecified atom stereocenters. The van der Waals surface area contributed by atoms with Crippen molar-refractivity contribution in [2.75, 3.05) is 14.2 Å². The molecule has 4 aromatic rings. The first-order chi connectivity index (χ1) is 15.2. The number of ether oxygens (including phenoxy) is 2. The molecule has 0 spiro atoms. The summed E-state index contributed by atoms with van der Waals surface area (Å²) in [5.41, 5.74) is 1.83. The number of hydrogen-bond donors (Lipinski definition) is 1. The topological polar surface area (TPSA) is 86.5 Å². The summed E-state index contributed by atoms with van der Waals surface area (Å²) in [7, 11) is 3.15. The predicted molar refractivity (Wildman–Crippen MR) is 117 cm³/mol. The Balaban J connectivity index is 1.35. The lowest BCUT2D eigenvalue weighted by Crippen LogP contribution is -2.23. The Morgan fingerprint density at radius 2 is 1.81 bits per heavy atom. The highest BCUT2D eigenvalue weighted by Gasteiger charge is 2.13. The lowest BCUT2D eigenvalue weighted by Gasteiger charge is -2.08. The molecule has 1 amide bonds. The van der Waals surface area contributed by atoms with Crippen molar-refractivity contribution >= 4 is 16.7 Å². The Labute approximate surface area is 180 Å². The van der Waals surface area contributed by atoms with E-state index in [-0.39, 0.29) is 12.3 Å². The highest BCUT2D eigenvalue weighted by molar-refractivity contribution is 5.86. The van der Waals surface area contributed by atoms with Gasteiger partial charge in [-0.1, -0.05) is 47.6 Å². The summed E-state index contributed by atoms with van der Waals surface area (Å²) in [6.45, 7) is 0.473. The van der Waals surface area contributed by atoms with Gasteiger partial charge in [0, 0.05) is 24.9 Å². The first-order valence-electron chi connectivity index (χ1n) is 9.96. The fourth-order valence-corrected chi connectivity index (χ4v) is 3.40. The quantitative estimate of drug-likeness (QED) is 0.463. The van der Waals surface area contributed by atoms with Crippen LogP contribution >= 0.6 is 0 Å². The van der Waals surface area contributed by atoms with E-state index in [1.165, 1.54) is 0 Å². The molecule has 7 heteroatoms. The first-order valence-corrected chi connectivity index (χ1v) is 9.96. The number of carbonyl (C=O) groups excluding carboxylic acids is 1. The van der Waals surface area contributed by atoms with Crippen LogP contribution in [0.25, 0.3) is 22.2 Å². The second-order valence-electron chi connectivity index (χ2n) is 7.00. The van der Waals surface area contributed by atoms with Crippen LogP contribution in [0.15, 0.2) is 65.2 Å². The highest BCUT2D eigenvalue weighted by atomic mass is 16.5. The monoisotopic (exact) mass is 417 g/mol. The van der Waals surface area contributed by atoms with Gasteiger partial charge < -0.3 is 19.3 Å². The van der Waals surface area contributed by atoms with Gasteiger partial charge in [-0.25, -0.2) is 0 Å². The normalized spacial score (nSPS) is 10.8. The second kappa shape index (κ2) is 9.30. The zero-order valence-corrected chi connectivity index (χ0v) is 17.4. The van der Waals surface area contributed by atoms with Gasteiger partial charge in [0.15, 0.2) is 11.5 Å². The van der Waals surface area contributed by atoms with E-state index in [2.05, 4.69) is 33.7 Å². The Bertz CT molecular complexity index is 1200. The Kier molecular flexibility index (Phi) is 6.12. The first kappa shape index (κ1) is 20.4. The van der Waals surface area contributed by atoms with E-state index in [0.29, 0.717) is 36.2 Å². The van der Waals surface area contributed by atoms with E-state index in [4.69, 9.17) is 14.0 Å². The fourth-order valence-electron chi connectivity index (χ4n) is 3.40. The maximum Gasteiger partial charge on any atom is 0.227 e. The number of nitrogens with zero attached hydrogens (tertiary/aromatic N) is 2. The molecule has 0 aliphatic rings. The summed E-state index contributed by atoms with van der Waals surface area (Å²) >= 11 is 0. The molecule has 1 heterocycles. The molecule has 0 saturated carbocycles. The number of methoxy groups -OCH3 is 2. The van der Waals surface area contributed by atoms with E-state index in [9.17, 15) is 4.79 Å². The summed E-state index contributed by atoms with van der Waals surface area (Å²) in [5.74, 6) is 1.98. The zero-order chi connectivity index (χ0) is 21.6. The van der Waals surface area contributed by atoms with Gasteiger partial charge in [-0.2, -0.15) is 4.98 Å². The molecule has 0 saturated heterocycles. The minimum Gasteiger partial charge on any atom is -0.493 e. The largest absolute Gasteiger partial charge is 0.493 e. The van der Waals surface area contributed by atoms with E-state index < -0.39 is 0 Å². The smallest absolute Gasteiger partial charge is 0.227 e. The van der Waals surface area contributed by atoms with Gasteiger partial charge in [0.05, 0.1) is 14.2 Å². The minimum atomic E-state index is -0.0706. The number of fused-ring (bicyclic) bond motifs is 1. The van der Waals surface area contributed by atoms with Gasteiger partial charge in [0.2, 0.25) is 17.6 Å². The Morgan fingerprint density at radius 3 is 2.65 bits per heavy atom. The lowest BCUT2D eigenvalue weighted by molar-refractivity contribution is -0.121. The van der Waals surface area contributed by atoms with E-state index in [1.807, 2.05) is 30.3 Å². The fraction of sp³-hybridized carbons (Fsp3) is 0.208. The number of aryl methyl sites for hydroxylation is 1. The van der Waals surface area contributed by atoms with Crippen LogP contribution in [0.1, 0.15) is 17.9 Å². The molecular formula is C24H23N3O4. The van der Waals surface area contributed by atoms with Crippen LogP contribution < -0.4 is 14.8 Å². The molecule has 158 valence electrons. The van der Waals surface area contributed by atoms with Crippen LogP contribution in [-0.2, 0) is 17.8 Å². The zero-order valence-electron chi connectivity index (χ0n) is 17.4. The molecule has 0 fully saturated rings. The van der Waals surface area contributed by atoms with Crippen LogP contribution in [0.2, 0.25) is 0 Å². The molecule has 31 heavy (non-hydrogen) atoms. The molecule has 7 nitrogen and oxygen atoms in total. The van der Waals surface area contributed by atoms with E-state index in [0.717, 1.165) is 21.9 Å². The number of amides is 1. The van der Waals surface area contributed by atoms with Crippen LogP contribution in [0, 0.1) is 0 Å². The van der Waals surface area contributed by atoms with Crippen molar-refractivity contribution in [1.29, 1.82) is 0 Å². The predicted octanol–water partition coefficient (Wildman–Crippen LogP) is 4.16. The maximum absolute atomic E-state index is 12.3. The van der Waals surface area contributed by atoms with E-state index >= 15 is 0 Å². The number of aromatic nitrogens is 2. The molecule has 4 rings (SSSR count). The van der Waals surface area contributed by atoms with Crippen molar-refractivity contribution in [3.05, 3.63) is 72.1 Å². The van der Waals surface area contributed by atoms with Crippen molar-refractivity contribution in [2.45, 2.75) is 19.4 Å². The van der Waals surface area contributed by atoms with Crippen molar-refractivity contribution < 1.29 is 18.8 Å². The molecule has 0 aliphatic carbocycles. The van der Waals surface area contributed by atoms with Crippen LogP contribution in [0.5, 0.6) is 11.5 Å². The molecule has 0 atom stereocenters. The molecular weight excluding hydrogens is 394 g/mol. The van der Waals surface area contributed by atoms with Gasteiger partial charge in [-0.05, 0) is 34.5 Å². The van der Waals surface area contributed by atoms with Gasteiger partial charge in [-0.3, -0.25) is 4.79 Å². The van der Waals surface area contributed by atoms with Crippen molar-refractivity contribution in [3.8, 4) is 22.9 Å². The summed E-state index contributed by atoms with van der Waals surface area (Å²) in [5, 5.41) is 9.27. The average Bonchev–Trinajstić information content (AvgIpc) is 3.30. The highest BCUT2D eigenvalue weighted by Crippen LogP contribution is 2.31. The summed E-state index contributed by atoms with van der Waals surface area (Å²) in [6, 6.07) is 19.6. The number of hydrogen-bond acceptors (Lipinski definition) is 6. The van der Waals surface area contributed by atoms with Crippen molar-refractivity contribution in [3.63, 3.8) is 0 Å². The third-order valence-electron chi connectivity index (χ3n) is 5.03. The second-order valence-corrected chi connectivity index (χ2v) is 7.00. The Morgan fingerprint density at radius 1 is 1.00 bits per heavy atom. The van der Waals surface area contributed by atoms with E-state index in [1.54, 1.807) is 26.4 Å². The maximum atomic E-state index is 12.3. The average molecular weight is 417 g/mol. The number of carbonyl (C=O) groups is 1. The number of nitrogens with one attached hydrogen (secondary N) is 1. The van der Waals surface area contributed by atoms with Crippen LogP contribution in [-0.4, -0.2) is 30.3 Å². The molecule has 1 N–H and O–H groups in total. The van der Waals surface area contributed by atoms with Crippen LogP contribution in [0.3, 0.4) is 0 Å². The van der Waals surface area contributed by atoms with Gasteiger partial charge in [0.25, 0.3) is 0 Å². The third-order valence-corrected chi connectivity index (χ3v) is 5.03. The number of rotatable bonds is 8. The molecule has 3 aromatic carbocycles. The lowest BCUT2D eigenvalue weighted by atomic mass is 10.0. The SMILES string of the molecule is COc1ccc(-c2noc(CCC(=O)NCc3cccc4ccccc34)n2)cc1OC. The van der Waals surface area contributed by atoms with Gasteiger partial charge in [0.1, 0.15) is 0 Å². The van der Waals surface area contributed by atoms with Gasteiger partial charge in [-0.15, -0.1) is 0 Å². The Hall–Kier alpha value is -3.87. The van der Waals surface area contributed by atoms with Crippen LogP contribution in [0.4, 0.5) is 0 Å². The molecule has 0 aliphatic heterocycles. The van der Waals surface area contributed by atoms with Crippen molar-refractivity contribution in [2.24, 2.45) is 0 Å². The third kappa shape index (κ3) is 4.66. The number of benzene rings is 3. The molecule has 0 radical (unpaired) electrons. The summed E-state index contributed by atoms with van der Waals surface area (Å²) in [4.78, 5) is 16.7. The summed E-state index contributed by atoms with van der Waals surface area (Å²) in [6.07, 6.45) is 0.625. The summed E-state index contributed by atoms with van der Waals surface area (Å²) < 4.78 is 15.9. The molecule has 0 bridgehead atoms.